The first kappa shape index (κ1) is 18.5. The van der Waals surface area contributed by atoms with Crippen LogP contribution in [0.15, 0.2) is 72.9 Å². The summed E-state index contributed by atoms with van der Waals surface area (Å²) in [6.07, 6.45) is 1.62. The van der Waals surface area contributed by atoms with E-state index in [9.17, 15) is 4.79 Å². The number of carbonyl (C=O) groups is 1. The number of anilines is 2. The van der Waals surface area contributed by atoms with Crippen LogP contribution < -0.4 is 15.4 Å². The maximum absolute atomic E-state index is 12.2. The fourth-order valence-electron chi connectivity index (χ4n) is 2.42. The fraction of sp³-hybridized carbons (Fsp3) is 0.182. The van der Waals surface area contributed by atoms with Crippen molar-refractivity contribution in [1.29, 1.82) is 0 Å². The van der Waals surface area contributed by atoms with Gasteiger partial charge in [0.1, 0.15) is 17.2 Å². The van der Waals surface area contributed by atoms with E-state index in [1.54, 1.807) is 12.3 Å². The van der Waals surface area contributed by atoms with Crippen molar-refractivity contribution < 1.29 is 9.53 Å². The zero-order valence-corrected chi connectivity index (χ0v) is 15.5. The third kappa shape index (κ3) is 5.57. The molecule has 2 N–H and O–H groups in total. The van der Waals surface area contributed by atoms with Crippen LogP contribution in [0.4, 0.5) is 11.4 Å². The number of ether oxygens (including phenoxy) is 1. The van der Waals surface area contributed by atoms with Crippen molar-refractivity contribution in [2.45, 2.75) is 13.8 Å². The Balaban J connectivity index is 1.63. The highest BCUT2D eigenvalue weighted by molar-refractivity contribution is 5.93. The maximum Gasteiger partial charge on any atom is 0.269 e. The highest BCUT2D eigenvalue weighted by Crippen LogP contribution is 2.24. The van der Waals surface area contributed by atoms with Crippen molar-refractivity contribution in [3.05, 3.63) is 78.6 Å². The third-order valence-corrected chi connectivity index (χ3v) is 3.79. The summed E-state index contributed by atoms with van der Waals surface area (Å²) in [6, 6.07) is 20.9. The van der Waals surface area contributed by atoms with Crippen molar-refractivity contribution >= 4 is 17.3 Å². The summed E-state index contributed by atoms with van der Waals surface area (Å²) in [5.41, 5.74) is 2.09. The molecule has 1 amide bonds. The molecule has 3 aromatic rings. The molecule has 2 aromatic carbocycles. The molecule has 0 aliphatic carbocycles. The molecule has 1 aromatic heterocycles. The van der Waals surface area contributed by atoms with E-state index in [0.29, 0.717) is 18.2 Å². The number of carbonyl (C=O) groups excluding carboxylic acids is 1. The highest BCUT2D eigenvalue weighted by atomic mass is 16.5. The average molecular weight is 361 g/mol. The van der Waals surface area contributed by atoms with Gasteiger partial charge in [-0.05, 0) is 54.4 Å². The van der Waals surface area contributed by atoms with Crippen LogP contribution in [0.5, 0.6) is 11.5 Å². The number of hydrogen-bond acceptors (Lipinski definition) is 4. The highest BCUT2D eigenvalue weighted by Gasteiger charge is 2.08. The third-order valence-electron chi connectivity index (χ3n) is 3.79. The van der Waals surface area contributed by atoms with Crippen molar-refractivity contribution in [2.24, 2.45) is 5.92 Å². The molecule has 0 bridgehead atoms. The minimum Gasteiger partial charge on any atom is -0.457 e. The Bertz CT molecular complexity index is 878. The molecule has 0 unspecified atom stereocenters. The lowest BCUT2D eigenvalue weighted by Gasteiger charge is -2.10. The molecule has 0 aliphatic rings. The summed E-state index contributed by atoms with van der Waals surface area (Å²) in [5.74, 6) is 1.78. The lowest BCUT2D eigenvalue weighted by molar-refractivity contribution is 0.0944. The molecule has 138 valence electrons. The maximum atomic E-state index is 12.2. The van der Waals surface area contributed by atoms with Crippen LogP contribution in [0.3, 0.4) is 0 Å². The predicted molar refractivity (Wildman–Crippen MR) is 108 cm³/mol. The summed E-state index contributed by atoms with van der Waals surface area (Å²) in [7, 11) is 0. The minimum atomic E-state index is -0.168. The lowest BCUT2D eigenvalue weighted by atomic mass is 10.2. The van der Waals surface area contributed by atoms with Gasteiger partial charge in [0.2, 0.25) is 0 Å². The monoisotopic (exact) mass is 361 g/mol. The normalized spacial score (nSPS) is 10.5. The predicted octanol–water partition coefficient (Wildman–Crippen LogP) is 5.00. The molecule has 0 aliphatic heterocycles. The number of para-hydroxylation sites is 1. The molecular formula is C22H23N3O2. The Kier molecular flexibility index (Phi) is 6.05. The van der Waals surface area contributed by atoms with Gasteiger partial charge in [-0.3, -0.25) is 9.78 Å². The summed E-state index contributed by atoms with van der Waals surface area (Å²) in [6.45, 7) is 4.73. The molecule has 0 radical (unpaired) electrons. The Labute approximate surface area is 159 Å². The van der Waals surface area contributed by atoms with Gasteiger partial charge in [0, 0.05) is 24.1 Å². The summed E-state index contributed by atoms with van der Waals surface area (Å²) in [4.78, 5) is 16.3. The molecule has 27 heavy (non-hydrogen) atoms. The quantitative estimate of drug-likeness (QED) is 0.621. The Morgan fingerprint density at radius 3 is 2.37 bits per heavy atom. The first-order chi connectivity index (χ1) is 13.1. The Morgan fingerprint density at radius 1 is 0.963 bits per heavy atom. The van der Waals surface area contributed by atoms with Crippen LogP contribution in [0, 0.1) is 5.92 Å². The van der Waals surface area contributed by atoms with Gasteiger partial charge in [-0.15, -0.1) is 0 Å². The second-order valence-corrected chi connectivity index (χ2v) is 6.60. The lowest BCUT2D eigenvalue weighted by Crippen LogP contribution is -2.28. The van der Waals surface area contributed by atoms with Gasteiger partial charge in [0.25, 0.3) is 5.91 Å². The molecule has 5 nitrogen and oxygen atoms in total. The van der Waals surface area contributed by atoms with Crippen LogP contribution in [0.25, 0.3) is 0 Å². The van der Waals surface area contributed by atoms with Gasteiger partial charge in [-0.25, -0.2) is 0 Å². The molecular weight excluding hydrogens is 338 g/mol. The van der Waals surface area contributed by atoms with Crippen LogP contribution in [-0.4, -0.2) is 17.4 Å². The number of nitrogens with zero attached hydrogens (tertiary/aromatic N) is 1. The summed E-state index contributed by atoms with van der Waals surface area (Å²) in [5, 5.41) is 6.15. The number of pyridine rings is 1. The molecule has 0 fully saturated rings. The van der Waals surface area contributed by atoms with Crippen LogP contribution >= 0.6 is 0 Å². The number of hydrogen-bond donors (Lipinski definition) is 2. The van der Waals surface area contributed by atoms with Crippen LogP contribution in [0.1, 0.15) is 24.3 Å². The summed E-state index contributed by atoms with van der Waals surface area (Å²) < 4.78 is 5.79. The number of nitrogens with one attached hydrogen (secondary N) is 2. The number of rotatable bonds is 7. The zero-order valence-electron chi connectivity index (χ0n) is 15.5. The van der Waals surface area contributed by atoms with E-state index in [-0.39, 0.29) is 5.91 Å². The second-order valence-electron chi connectivity index (χ2n) is 6.60. The van der Waals surface area contributed by atoms with Crippen molar-refractivity contribution in [1.82, 2.24) is 10.3 Å². The zero-order chi connectivity index (χ0) is 19.1. The molecule has 5 heteroatoms. The Morgan fingerprint density at radius 2 is 1.67 bits per heavy atom. The first-order valence-electron chi connectivity index (χ1n) is 8.94. The standard InChI is InChI=1S/C22H23N3O2/c1-16(2)15-24-22(26)21-14-18(12-13-23-21)25-17-8-10-20(11-9-17)27-19-6-4-3-5-7-19/h3-14,16H,15H2,1-2H3,(H,23,25)(H,24,26). The average Bonchev–Trinajstić information content (AvgIpc) is 2.68. The topological polar surface area (TPSA) is 63.2 Å². The van der Waals surface area contributed by atoms with Crippen molar-refractivity contribution in [2.75, 3.05) is 11.9 Å². The van der Waals surface area contributed by atoms with Gasteiger partial charge in [0.15, 0.2) is 0 Å². The summed E-state index contributed by atoms with van der Waals surface area (Å²) >= 11 is 0. The molecule has 1 heterocycles. The van der Waals surface area contributed by atoms with Gasteiger partial charge in [-0.2, -0.15) is 0 Å². The molecule has 0 spiro atoms. The smallest absolute Gasteiger partial charge is 0.269 e. The van der Waals surface area contributed by atoms with Crippen molar-refractivity contribution in [3.63, 3.8) is 0 Å². The van der Waals surface area contributed by atoms with E-state index in [1.165, 1.54) is 0 Å². The number of aromatic nitrogens is 1. The largest absolute Gasteiger partial charge is 0.457 e. The molecule has 0 saturated carbocycles. The van der Waals surface area contributed by atoms with Crippen molar-refractivity contribution in [3.8, 4) is 11.5 Å². The van der Waals surface area contributed by atoms with E-state index in [0.717, 1.165) is 22.9 Å². The van der Waals surface area contributed by atoms with E-state index in [2.05, 4.69) is 29.5 Å². The fourth-order valence-corrected chi connectivity index (χ4v) is 2.42. The molecule has 3 rings (SSSR count). The number of amides is 1. The second kappa shape index (κ2) is 8.85. The first-order valence-corrected chi connectivity index (χ1v) is 8.94. The Hall–Kier alpha value is -3.34. The van der Waals surface area contributed by atoms with Gasteiger partial charge < -0.3 is 15.4 Å². The van der Waals surface area contributed by atoms with Gasteiger partial charge in [0.05, 0.1) is 0 Å². The molecule has 0 atom stereocenters. The number of benzene rings is 2. The van der Waals surface area contributed by atoms with Crippen LogP contribution in [-0.2, 0) is 0 Å². The van der Waals surface area contributed by atoms with Crippen LogP contribution in [0.2, 0.25) is 0 Å². The molecule has 0 saturated heterocycles. The minimum absolute atomic E-state index is 0.168. The SMILES string of the molecule is CC(C)CNC(=O)c1cc(Nc2ccc(Oc3ccccc3)cc2)ccn1. The van der Waals surface area contributed by atoms with Gasteiger partial charge in [-0.1, -0.05) is 32.0 Å². The van der Waals surface area contributed by atoms with Gasteiger partial charge >= 0.3 is 0 Å². The van der Waals surface area contributed by atoms with E-state index in [1.807, 2.05) is 60.7 Å². The van der Waals surface area contributed by atoms with E-state index in [4.69, 9.17) is 4.74 Å². The van der Waals surface area contributed by atoms with E-state index >= 15 is 0 Å². The van der Waals surface area contributed by atoms with E-state index < -0.39 is 0 Å².